The maximum absolute atomic E-state index is 6.09. The number of aromatic amines is 1. The zero-order chi connectivity index (χ0) is 13.8. The number of fused-ring (bicyclic) bond motifs is 3. The first kappa shape index (κ1) is 13.1. The van der Waals surface area contributed by atoms with Gasteiger partial charge in [0.25, 0.3) is 0 Å². The molecule has 0 unspecified atom stereocenters. The van der Waals surface area contributed by atoms with Gasteiger partial charge in [0, 0.05) is 4.88 Å². The molecule has 2 aromatic rings. The summed E-state index contributed by atoms with van der Waals surface area (Å²) in [4.78, 5) is 9.86. The van der Waals surface area contributed by atoms with Crippen molar-refractivity contribution in [2.75, 3.05) is 5.73 Å². The summed E-state index contributed by atoms with van der Waals surface area (Å²) in [6.45, 7) is 6.99. The van der Waals surface area contributed by atoms with Crippen LogP contribution in [0.3, 0.4) is 0 Å². The van der Waals surface area contributed by atoms with Crippen molar-refractivity contribution in [3.8, 4) is 0 Å². The minimum atomic E-state index is 0.363. The second kappa shape index (κ2) is 4.28. The first-order valence-corrected chi connectivity index (χ1v) is 7.89. The standard InChI is InChI=1S/C14H19N3S2/c1-14(2,3)7-4-5-8-9(6-7)19-12-10(8)11(15)16-13(18)17-12/h7H,4-6H2,1-3H3,(H3,15,16,17,18)/t7-/m1/s1. The van der Waals surface area contributed by atoms with Crippen LogP contribution in [0.1, 0.15) is 37.6 Å². The Morgan fingerprint density at radius 2 is 2.16 bits per heavy atom. The van der Waals surface area contributed by atoms with Crippen LogP contribution < -0.4 is 5.73 Å². The largest absolute Gasteiger partial charge is 0.385 e. The van der Waals surface area contributed by atoms with Gasteiger partial charge in [-0.2, -0.15) is 0 Å². The van der Waals surface area contributed by atoms with Crippen LogP contribution in [-0.4, -0.2) is 9.97 Å². The second-order valence-electron chi connectivity index (χ2n) is 6.45. The molecule has 0 fully saturated rings. The van der Waals surface area contributed by atoms with Gasteiger partial charge in [-0.1, -0.05) is 20.8 Å². The van der Waals surface area contributed by atoms with Crippen LogP contribution in [0.25, 0.3) is 10.2 Å². The number of aryl methyl sites for hydroxylation is 1. The van der Waals surface area contributed by atoms with Crippen molar-refractivity contribution in [3.63, 3.8) is 0 Å². The maximum Gasteiger partial charge on any atom is 0.199 e. The molecule has 3 rings (SSSR count). The van der Waals surface area contributed by atoms with Crippen molar-refractivity contribution in [3.05, 3.63) is 15.2 Å². The number of hydrogen-bond donors (Lipinski definition) is 2. The molecule has 0 amide bonds. The predicted molar refractivity (Wildman–Crippen MR) is 84.2 cm³/mol. The van der Waals surface area contributed by atoms with Gasteiger partial charge in [0.05, 0.1) is 5.39 Å². The van der Waals surface area contributed by atoms with Gasteiger partial charge in [0.15, 0.2) is 4.77 Å². The van der Waals surface area contributed by atoms with E-state index in [4.69, 9.17) is 18.0 Å². The molecular formula is C14H19N3S2. The highest BCUT2D eigenvalue weighted by Gasteiger charge is 2.31. The molecule has 1 aliphatic rings. The summed E-state index contributed by atoms with van der Waals surface area (Å²) < 4.78 is 0.482. The molecule has 0 saturated heterocycles. The predicted octanol–water partition coefficient (Wildman–Crippen LogP) is 4.09. The van der Waals surface area contributed by atoms with Crippen molar-refractivity contribution in [1.82, 2.24) is 9.97 Å². The number of nitrogen functional groups attached to an aromatic ring is 1. The molecule has 0 spiro atoms. The van der Waals surface area contributed by atoms with E-state index in [9.17, 15) is 0 Å². The Hall–Kier alpha value is -0.940. The quantitative estimate of drug-likeness (QED) is 0.719. The molecule has 1 aliphatic carbocycles. The van der Waals surface area contributed by atoms with Gasteiger partial charge in [-0.05, 0) is 48.4 Å². The van der Waals surface area contributed by atoms with Crippen LogP contribution in [0, 0.1) is 16.1 Å². The van der Waals surface area contributed by atoms with Crippen LogP contribution in [0.2, 0.25) is 0 Å². The summed E-state index contributed by atoms with van der Waals surface area (Å²) in [5, 5.41) is 1.11. The average molecular weight is 293 g/mol. The molecule has 3 nitrogen and oxygen atoms in total. The Labute approximate surface area is 122 Å². The van der Waals surface area contributed by atoms with E-state index in [1.165, 1.54) is 16.9 Å². The van der Waals surface area contributed by atoms with Gasteiger partial charge in [0.2, 0.25) is 0 Å². The Balaban J connectivity index is 2.13. The zero-order valence-corrected chi connectivity index (χ0v) is 13.2. The SMILES string of the molecule is CC(C)(C)[C@@H]1CCc2c(sc3nc(=S)[nH]c(N)c23)C1. The van der Waals surface area contributed by atoms with Crippen molar-refractivity contribution in [2.45, 2.75) is 40.0 Å². The third-order valence-corrected chi connectivity index (χ3v) is 5.53. The molecule has 5 heteroatoms. The molecule has 2 aromatic heterocycles. The topological polar surface area (TPSA) is 54.7 Å². The monoisotopic (exact) mass is 293 g/mol. The van der Waals surface area contributed by atoms with Crippen molar-refractivity contribution < 1.29 is 0 Å². The number of nitrogens with one attached hydrogen (secondary N) is 1. The third kappa shape index (κ3) is 2.19. The van der Waals surface area contributed by atoms with E-state index in [1.807, 2.05) is 0 Å². The molecule has 19 heavy (non-hydrogen) atoms. The molecule has 102 valence electrons. The van der Waals surface area contributed by atoms with E-state index in [1.54, 1.807) is 11.3 Å². The van der Waals surface area contributed by atoms with Crippen LogP contribution in [0.4, 0.5) is 5.82 Å². The summed E-state index contributed by atoms with van der Waals surface area (Å²) in [6.07, 6.45) is 3.48. The maximum atomic E-state index is 6.09. The van der Waals surface area contributed by atoms with Gasteiger partial charge in [-0.25, -0.2) is 4.98 Å². The molecule has 0 aliphatic heterocycles. The lowest BCUT2D eigenvalue weighted by Crippen LogP contribution is -2.26. The molecule has 2 heterocycles. The summed E-state index contributed by atoms with van der Waals surface area (Å²) in [6, 6.07) is 0. The highest BCUT2D eigenvalue weighted by atomic mass is 32.1. The first-order chi connectivity index (χ1) is 8.86. The number of anilines is 1. The normalized spacial score (nSPS) is 19.6. The fraction of sp³-hybridized carbons (Fsp3) is 0.571. The molecule has 0 bridgehead atoms. The van der Waals surface area contributed by atoms with Gasteiger partial charge < -0.3 is 10.7 Å². The Kier molecular flexibility index (Phi) is 2.94. The van der Waals surface area contributed by atoms with Gasteiger partial charge in [-0.3, -0.25) is 0 Å². The summed E-state index contributed by atoms with van der Waals surface area (Å²) in [7, 11) is 0. The number of nitrogens with zero attached hydrogens (tertiary/aromatic N) is 1. The number of hydrogen-bond acceptors (Lipinski definition) is 4. The average Bonchev–Trinajstić information content (AvgIpc) is 2.64. The van der Waals surface area contributed by atoms with Gasteiger partial charge >= 0.3 is 0 Å². The summed E-state index contributed by atoms with van der Waals surface area (Å²) >= 11 is 6.88. The fourth-order valence-corrected chi connectivity index (χ4v) is 4.54. The number of aromatic nitrogens is 2. The van der Waals surface area contributed by atoms with Gasteiger partial charge in [-0.15, -0.1) is 11.3 Å². The Bertz CT molecular complexity index is 691. The lowest BCUT2D eigenvalue weighted by molar-refractivity contribution is 0.218. The number of rotatable bonds is 0. The minimum Gasteiger partial charge on any atom is -0.385 e. The van der Waals surface area contributed by atoms with E-state index in [0.29, 0.717) is 16.0 Å². The molecular weight excluding hydrogens is 274 g/mol. The lowest BCUT2D eigenvalue weighted by atomic mass is 9.72. The molecule has 3 N–H and O–H groups in total. The summed E-state index contributed by atoms with van der Waals surface area (Å²) in [5.74, 6) is 1.42. The van der Waals surface area contributed by atoms with Crippen molar-refractivity contribution in [2.24, 2.45) is 11.3 Å². The lowest BCUT2D eigenvalue weighted by Gasteiger charge is -2.33. The van der Waals surface area contributed by atoms with Crippen LogP contribution in [-0.2, 0) is 12.8 Å². The van der Waals surface area contributed by atoms with Crippen molar-refractivity contribution in [1.29, 1.82) is 0 Å². The van der Waals surface area contributed by atoms with E-state index in [-0.39, 0.29) is 0 Å². The molecule has 0 aromatic carbocycles. The second-order valence-corrected chi connectivity index (χ2v) is 7.92. The van der Waals surface area contributed by atoms with Crippen LogP contribution in [0.5, 0.6) is 0 Å². The van der Waals surface area contributed by atoms with E-state index in [0.717, 1.165) is 29.0 Å². The molecule has 0 saturated carbocycles. The Morgan fingerprint density at radius 1 is 1.42 bits per heavy atom. The van der Waals surface area contributed by atoms with E-state index >= 15 is 0 Å². The molecule has 1 atom stereocenters. The highest BCUT2D eigenvalue weighted by molar-refractivity contribution is 7.71. The summed E-state index contributed by atoms with van der Waals surface area (Å²) in [5.41, 5.74) is 7.85. The minimum absolute atomic E-state index is 0.363. The number of thiophene rings is 1. The number of H-pyrrole nitrogens is 1. The third-order valence-electron chi connectivity index (χ3n) is 4.19. The smallest absolute Gasteiger partial charge is 0.199 e. The van der Waals surface area contributed by atoms with Crippen molar-refractivity contribution >= 4 is 39.6 Å². The first-order valence-electron chi connectivity index (χ1n) is 6.66. The Morgan fingerprint density at radius 3 is 2.84 bits per heavy atom. The highest BCUT2D eigenvalue weighted by Crippen LogP contribution is 2.43. The zero-order valence-electron chi connectivity index (χ0n) is 11.5. The van der Waals surface area contributed by atoms with Crippen LogP contribution in [0.15, 0.2) is 0 Å². The number of nitrogens with two attached hydrogens (primary N) is 1. The van der Waals surface area contributed by atoms with Gasteiger partial charge in [0.1, 0.15) is 10.6 Å². The fourth-order valence-electron chi connectivity index (χ4n) is 2.97. The van der Waals surface area contributed by atoms with E-state index in [2.05, 4.69) is 30.7 Å². The van der Waals surface area contributed by atoms with Crippen LogP contribution >= 0.6 is 23.6 Å². The molecule has 0 radical (unpaired) electrons. The van der Waals surface area contributed by atoms with E-state index < -0.39 is 0 Å².